The number of likely N-dealkylation sites (tertiary alicyclic amines) is 1. The summed E-state index contributed by atoms with van der Waals surface area (Å²) in [5.41, 5.74) is -1.27. The molecule has 8 heteroatoms. The molecule has 2 unspecified atom stereocenters. The summed E-state index contributed by atoms with van der Waals surface area (Å²) in [5.74, 6) is -2.47. The molecule has 4 aliphatic heterocycles. The standard InChI is InChI=1S/C25H36N2O6/c1-5-8-16(4)26-11-7-10-25-20(19-18(33-25)9-6-12-32-24(19)31)22(29)27(21(25)23(26)30)17(14-28)13-15(2)3/h6-7,9-10,15-21,28H,5,8,11-14H2,1-4H3/t16?,17-,18+,19-,20+,21?,25+/m1/s1. The first kappa shape index (κ1) is 24.0. The van der Waals surface area contributed by atoms with Crippen molar-refractivity contribution in [3.05, 3.63) is 24.3 Å². The molecule has 4 rings (SSSR count). The van der Waals surface area contributed by atoms with Gasteiger partial charge < -0.3 is 24.4 Å². The third-order valence-electron chi connectivity index (χ3n) is 7.47. The molecule has 0 aromatic heterocycles. The second-order valence-electron chi connectivity index (χ2n) is 10.1. The maximum Gasteiger partial charge on any atom is 0.313 e. The summed E-state index contributed by atoms with van der Waals surface area (Å²) in [6, 6.07) is -1.48. The molecule has 1 N–H and O–H groups in total. The quantitative estimate of drug-likeness (QED) is 0.459. The first-order chi connectivity index (χ1) is 15.8. The Labute approximate surface area is 195 Å². The van der Waals surface area contributed by atoms with E-state index in [4.69, 9.17) is 9.47 Å². The van der Waals surface area contributed by atoms with Crippen molar-refractivity contribution in [1.29, 1.82) is 0 Å². The second-order valence-corrected chi connectivity index (χ2v) is 10.1. The smallest absolute Gasteiger partial charge is 0.313 e. The summed E-state index contributed by atoms with van der Waals surface area (Å²) in [6.45, 7) is 8.42. The zero-order valence-corrected chi connectivity index (χ0v) is 20.0. The number of hydrogen-bond donors (Lipinski definition) is 1. The van der Waals surface area contributed by atoms with Crippen molar-refractivity contribution in [2.24, 2.45) is 17.8 Å². The highest BCUT2D eigenvalue weighted by atomic mass is 16.6. The van der Waals surface area contributed by atoms with Crippen LogP contribution < -0.4 is 0 Å². The number of carbonyl (C=O) groups excluding carboxylic acids is 3. The molecule has 0 aromatic carbocycles. The van der Waals surface area contributed by atoms with E-state index in [1.54, 1.807) is 17.1 Å². The molecule has 4 aliphatic rings. The van der Waals surface area contributed by atoms with Gasteiger partial charge in [0, 0.05) is 12.6 Å². The molecule has 0 saturated carbocycles. The third-order valence-corrected chi connectivity index (χ3v) is 7.47. The number of esters is 1. The topological polar surface area (TPSA) is 96.4 Å². The molecule has 7 atom stereocenters. The van der Waals surface area contributed by atoms with Crippen LogP contribution >= 0.6 is 0 Å². The fraction of sp³-hybridized carbons (Fsp3) is 0.720. The summed E-state index contributed by atoms with van der Waals surface area (Å²) >= 11 is 0. The van der Waals surface area contributed by atoms with Gasteiger partial charge in [-0.05, 0) is 31.8 Å². The highest BCUT2D eigenvalue weighted by Crippen LogP contribution is 2.54. The van der Waals surface area contributed by atoms with E-state index in [0.29, 0.717) is 13.0 Å². The molecule has 2 fully saturated rings. The lowest BCUT2D eigenvalue weighted by molar-refractivity contribution is -0.155. The molecule has 0 bridgehead atoms. The number of ether oxygens (including phenoxy) is 2. The summed E-state index contributed by atoms with van der Waals surface area (Å²) in [6.07, 6.45) is 8.91. The first-order valence-electron chi connectivity index (χ1n) is 12.2. The molecule has 8 nitrogen and oxygen atoms in total. The van der Waals surface area contributed by atoms with Crippen LogP contribution in [0.5, 0.6) is 0 Å². The number of nitrogens with zero attached hydrogens (tertiary/aromatic N) is 2. The van der Waals surface area contributed by atoms with Crippen LogP contribution in [0.1, 0.15) is 47.0 Å². The van der Waals surface area contributed by atoms with Crippen molar-refractivity contribution in [2.75, 3.05) is 19.8 Å². The number of aliphatic hydroxyl groups excluding tert-OH is 1. The molecule has 0 radical (unpaired) electrons. The molecule has 4 heterocycles. The molecular weight excluding hydrogens is 424 g/mol. The minimum absolute atomic E-state index is 0.00674. The molecule has 182 valence electrons. The Hall–Kier alpha value is -2.19. The Kier molecular flexibility index (Phi) is 6.69. The number of carbonyl (C=O) groups is 3. The van der Waals surface area contributed by atoms with Gasteiger partial charge in [-0.2, -0.15) is 0 Å². The lowest BCUT2D eigenvalue weighted by Gasteiger charge is -2.40. The van der Waals surface area contributed by atoms with Gasteiger partial charge in [0.2, 0.25) is 11.8 Å². The number of rotatable bonds is 7. The molecule has 2 amide bonds. The van der Waals surface area contributed by atoms with Crippen molar-refractivity contribution >= 4 is 17.8 Å². The highest BCUT2D eigenvalue weighted by molar-refractivity contribution is 5.99. The van der Waals surface area contributed by atoms with E-state index < -0.39 is 41.6 Å². The van der Waals surface area contributed by atoms with Crippen LogP contribution in [0.25, 0.3) is 0 Å². The van der Waals surface area contributed by atoms with Crippen LogP contribution in [0.4, 0.5) is 0 Å². The van der Waals surface area contributed by atoms with Gasteiger partial charge in [0.15, 0.2) is 0 Å². The van der Waals surface area contributed by atoms with E-state index in [0.717, 1.165) is 12.8 Å². The number of fused-ring (bicyclic) bond motifs is 2. The SMILES string of the molecule is CCCC(C)N1CC=C[C@]23O[C@H]4C=CCOC(=O)[C@H]4[C@H]2C(=O)N([C@@H](CO)CC(C)C)C3C1=O. The van der Waals surface area contributed by atoms with Gasteiger partial charge in [-0.15, -0.1) is 0 Å². The van der Waals surface area contributed by atoms with Gasteiger partial charge >= 0.3 is 5.97 Å². The fourth-order valence-corrected chi connectivity index (χ4v) is 6.11. The maximum atomic E-state index is 14.1. The van der Waals surface area contributed by atoms with Gasteiger partial charge in [0.1, 0.15) is 24.2 Å². The van der Waals surface area contributed by atoms with E-state index >= 15 is 0 Å². The molecule has 0 aromatic rings. The Balaban J connectivity index is 1.83. The van der Waals surface area contributed by atoms with Gasteiger partial charge in [-0.3, -0.25) is 14.4 Å². The summed E-state index contributed by atoms with van der Waals surface area (Å²) in [7, 11) is 0. The molecule has 2 saturated heterocycles. The Morgan fingerprint density at radius 3 is 2.61 bits per heavy atom. The highest BCUT2D eigenvalue weighted by Gasteiger charge is 2.72. The molecule has 1 spiro atoms. The number of aliphatic hydroxyl groups is 1. The monoisotopic (exact) mass is 460 g/mol. The van der Waals surface area contributed by atoms with Crippen molar-refractivity contribution < 1.29 is 29.0 Å². The number of cyclic esters (lactones) is 1. The summed E-state index contributed by atoms with van der Waals surface area (Å²) < 4.78 is 11.8. The predicted molar refractivity (Wildman–Crippen MR) is 121 cm³/mol. The zero-order chi connectivity index (χ0) is 23.9. The minimum Gasteiger partial charge on any atom is -0.461 e. The van der Waals surface area contributed by atoms with E-state index in [9.17, 15) is 19.5 Å². The fourth-order valence-electron chi connectivity index (χ4n) is 6.11. The van der Waals surface area contributed by atoms with E-state index in [1.807, 2.05) is 32.9 Å². The largest absolute Gasteiger partial charge is 0.461 e. The first-order valence-corrected chi connectivity index (χ1v) is 12.2. The van der Waals surface area contributed by atoms with Crippen LogP contribution in [0, 0.1) is 17.8 Å². The van der Waals surface area contributed by atoms with E-state index in [1.165, 1.54) is 4.90 Å². The van der Waals surface area contributed by atoms with Crippen LogP contribution in [-0.2, 0) is 23.9 Å². The van der Waals surface area contributed by atoms with Crippen molar-refractivity contribution in [1.82, 2.24) is 9.80 Å². The molecule has 0 aliphatic carbocycles. The van der Waals surface area contributed by atoms with Gasteiger partial charge in [-0.1, -0.05) is 45.4 Å². The minimum atomic E-state index is -1.27. The van der Waals surface area contributed by atoms with Crippen molar-refractivity contribution in [3.63, 3.8) is 0 Å². The maximum absolute atomic E-state index is 14.1. The number of hydrogen-bond acceptors (Lipinski definition) is 6. The van der Waals surface area contributed by atoms with Crippen LogP contribution in [0.2, 0.25) is 0 Å². The average Bonchev–Trinajstić information content (AvgIpc) is 3.07. The van der Waals surface area contributed by atoms with Crippen molar-refractivity contribution in [2.45, 2.75) is 76.8 Å². The predicted octanol–water partition coefficient (Wildman–Crippen LogP) is 1.67. The van der Waals surface area contributed by atoms with Crippen LogP contribution in [0.3, 0.4) is 0 Å². The van der Waals surface area contributed by atoms with Crippen molar-refractivity contribution in [3.8, 4) is 0 Å². The van der Waals surface area contributed by atoms with E-state index in [-0.39, 0.29) is 37.0 Å². The Bertz CT molecular complexity index is 854. The van der Waals surface area contributed by atoms with Gasteiger partial charge in [0.05, 0.1) is 24.7 Å². The molecule has 33 heavy (non-hydrogen) atoms. The third kappa shape index (κ3) is 3.81. The van der Waals surface area contributed by atoms with E-state index in [2.05, 4.69) is 6.92 Å². The number of amides is 2. The Morgan fingerprint density at radius 1 is 1.18 bits per heavy atom. The summed E-state index contributed by atoms with van der Waals surface area (Å²) in [4.78, 5) is 44.4. The van der Waals surface area contributed by atoms with Crippen LogP contribution in [0.15, 0.2) is 24.3 Å². The summed E-state index contributed by atoms with van der Waals surface area (Å²) in [5, 5.41) is 10.3. The molecular formula is C25H36N2O6. The van der Waals surface area contributed by atoms with Gasteiger partial charge in [0.25, 0.3) is 0 Å². The van der Waals surface area contributed by atoms with Gasteiger partial charge in [-0.25, -0.2) is 0 Å². The second kappa shape index (κ2) is 9.22. The average molecular weight is 461 g/mol. The lowest BCUT2D eigenvalue weighted by atomic mass is 9.78. The normalized spacial score (nSPS) is 35.2. The lowest BCUT2D eigenvalue weighted by Crippen LogP contribution is -2.59. The zero-order valence-electron chi connectivity index (χ0n) is 20.0. The Morgan fingerprint density at radius 2 is 1.94 bits per heavy atom. The van der Waals surface area contributed by atoms with Crippen LogP contribution in [-0.4, -0.2) is 82.3 Å².